The molecule has 0 spiro atoms. The van der Waals surface area contributed by atoms with E-state index in [2.05, 4.69) is 11.7 Å². The first-order chi connectivity index (χ1) is 15.2. The molecule has 0 aromatic heterocycles. The van der Waals surface area contributed by atoms with Crippen LogP contribution in [0.5, 0.6) is 11.5 Å². The lowest BCUT2D eigenvalue weighted by Gasteiger charge is -2.28. The zero-order valence-corrected chi connectivity index (χ0v) is 18.2. The van der Waals surface area contributed by atoms with E-state index in [1.807, 2.05) is 0 Å². The van der Waals surface area contributed by atoms with Gasteiger partial charge in [0.1, 0.15) is 5.75 Å². The molecule has 1 aliphatic carbocycles. The second-order valence-corrected chi connectivity index (χ2v) is 8.53. The van der Waals surface area contributed by atoms with Gasteiger partial charge in [-0.25, -0.2) is 8.78 Å². The lowest BCUT2D eigenvalue weighted by molar-refractivity contribution is -0.276. The molecule has 0 amide bonds. The van der Waals surface area contributed by atoms with Crippen molar-refractivity contribution in [2.24, 2.45) is 11.8 Å². The van der Waals surface area contributed by atoms with Crippen LogP contribution in [0.15, 0.2) is 36.4 Å². The molecule has 0 heterocycles. The average Bonchev–Trinajstić information content (AvgIpc) is 2.75. The fourth-order valence-corrected chi connectivity index (χ4v) is 4.27. The smallest absolute Gasteiger partial charge is 0.493 e. The van der Waals surface area contributed by atoms with Gasteiger partial charge in [-0.2, -0.15) is 0 Å². The van der Waals surface area contributed by atoms with E-state index < -0.39 is 23.7 Å². The van der Waals surface area contributed by atoms with Crippen LogP contribution in [0.3, 0.4) is 0 Å². The maximum absolute atomic E-state index is 14.0. The van der Waals surface area contributed by atoms with Crippen molar-refractivity contribution in [1.82, 2.24) is 0 Å². The van der Waals surface area contributed by atoms with Crippen molar-refractivity contribution >= 4 is 0 Å². The van der Waals surface area contributed by atoms with Gasteiger partial charge >= 0.3 is 6.36 Å². The van der Waals surface area contributed by atoms with E-state index in [-0.39, 0.29) is 5.56 Å². The third kappa shape index (κ3) is 7.10. The normalized spacial score (nSPS) is 19.1. The molecule has 0 saturated heterocycles. The van der Waals surface area contributed by atoms with Gasteiger partial charge in [0.25, 0.3) is 0 Å². The van der Waals surface area contributed by atoms with Crippen molar-refractivity contribution in [2.45, 2.75) is 64.7 Å². The van der Waals surface area contributed by atoms with Crippen molar-refractivity contribution in [2.75, 3.05) is 6.61 Å². The molecule has 0 N–H and O–H groups in total. The van der Waals surface area contributed by atoms with E-state index in [4.69, 9.17) is 4.74 Å². The number of benzene rings is 2. The van der Waals surface area contributed by atoms with Crippen molar-refractivity contribution in [3.8, 4) is 22.6 Å². The van der Waals surface area contributed by atoms with Gasteiger partial charge in [0, 0.05) is 0 Å². The molecule has 1 saturated carbocycles. The number of hydrogen-bond acceptors (Lipinski definition) is 2. The molecular formula is C25H29F5O2. The van der Waals surface area contributed by atoms with Gasteiger partial charge < -0.3 is 9.47 Å². The SMILES string of the molecule is CCCCCC1CCC(COc2ccc(-c3cc(F)c(OC(F)(F)F)c(F)c3)cc2)CC1. The molecule has 0 unspecified atom stereocenters. The summed E-state index contributed by atoms with van der Waals surface area (Å²) in [6.45, 7) is 2.86. The largest absolute Gasteiger partial charge is 0.573 e. The molecule has 2 nitrogen and oxygen atoms in total. The Morgan fingerprint density at radius 1 is 0.844 bits per heavy atom. The van der Waals surface area contributed by atoms with Crippen molar-refractivity contribution < 1.29 is 31.4 Å². The number of halogens is 5. The summed E-state index contributed by atoms with van der Waals surface area (Å²) in [5.41, 5.74) is 0.573. The Morgan fingerprint density at radius 2 is 1.44 bits per heavy atom. The molecule has 3 rings (SSSR count). The van der Waals surface area contributed by atoms with Crippen LogP contribution < -0.4 is 9.47 Å². The predicted molar refractivity (Wildman–Crippen MR) is 114 cm³/mol. The molecular weight excluding hydrogens is 427 g/mol. The minimum absolute atomic E-state index is 0.113. The molecule has 1 aliphatic rings. The zero-order chi connectivity index (χ0) is 23.1. The summed E-state index contributed by atoms with van der Waals surface area (Å²) in [5, 5.41) is 0. The zero-order valence-electron chi connectivity index (χ0n) is 18.2. The second-order valence-electron chi connectivity index (χ2n) is 8.53. The average molecular weight is 456 g/mol. The number of alkyl halides is 3. The second kappa shape index (κ2) is 11.0. The highest BCUT2D eigenvalue weighted by Gasteiger charge is 2.34. The Kier molecular flexibility index (Phi) is 8.38. The molecule has 0 bridgehead atoms. The van der Waals surface area contributed by atoms with Crippen LogP contribution in [0.2, 0.25) is 0 Å². The topological polar surface area (TPSA) is 18.5 Å². The Bertz CT molecular complexity index is 833. The molecule has 2 aromatic carbocycles. The molecule has 0 atom stereocenters. The van der Waals surface area contributed by atoms with E-state index >= 15 is 0 Å². The fourth-order valence-electron chi connectivity index (χ4n) is 4.27. The van der Waals surface area contributed by atoms with E-state index in [0.29, 0.717) is 23.8 Å². The van der Waals surface area contributed by atoms with E-state index in [0.717, 1.165) is 18.1 Å². The molecule has 7 heteroatoms. The van der Waals surface area contributed by atoms with Gasteiger partial charge in [0.15, 0.2) is 11.6 Å². The first-order valence-electron chi connectivity index (χ1n) is 11.2. The molecule has 176 valence electrons. The van der Waals surface area contributed by atoms with E-state index in [1.165, 1.54) is 51.4 Å². The summed E-state index contributed by atoms with van der Waals surface area (Å²) in [7, 11) is 0. The summed E-state index contributed by atoms with van der Waals surface area (Å²) < 4.78 is 74.1. The number of unbranched alkanes of at least 4 members (excludes halogenated alkanes) is 2. The van der Waals surface area contributed by atoms with Gasteiger partial charge in [0.2, 0.25) is 5.75 Å². The van der Waals surface area contributed by atoms with Crippen molar-refractivity contribution in [3.63, 3.8) is 0 Å². The highest BCUT2D eigenvalue weighted by Crippen LogP contribution is 2.34. The summed E-state index contributed by atoms with van der Waals surface area (Å²) in [6, 6.07) is 8.28. The number of rotatable bonds is 9. The third-order valence-electron chi connectivity index (χ3n) is 6.07. The molecule has 2 aromatic rings. The number of ether oxygens (including phenoxy) is 2. The molecule has 0 aliphatic heterocycles. The van der Waals surface area contributed by atoms with Crippen LogP contribution in [0, 0.1) is 23.5 Å². The van der Waals surface area contributed by atoms with Crippen LogP contribution in [0.25, 0.3) is 11.1 Å². The van der Waals surface area contributed by atoms with Crippen LogP contribution in [0.4, 0.5) is 22.0 Å². The maximum Gasteiger partial charge on any atom is 0.573 e. The summed E-state index contributed by atoms with van der Waals surface area (Å²) in [5.74, 6) is -2.27. The number of hydrogen-bond donors (Lipinski definition) is 0. The third-order valence-corrected chi connectivity index (χ3v) is 6.07. The minimum atomic E-state index is -5.17. The quantitative estimate of drug-likeness (QED) is 0.279. The highest BCUT2D eigenvalue weighted by atomic mass is 19.4. The summed E-state index contributed by atoms with van der Waals surface area (Å²) in [6.07, 6.45) is 4.88. The van der Waals surface area contributed by atoms with E-state index in [9.17, 15) is 22.0 Å². The van der Waals surface area contributed by atoms with Gasteiger partial charge in [0.05, 0.1) is 6.61 Å². The van der Waals surface area contributed by atoms with Gasteiger partial charge in [-0.15, -0.1) is 13.2 Å². The standard InChI is InChI=1S/C25H29F5O2/c1-2-3-4-5-17-6-8-18(9-7-17)16-31-21-12-10-19(11-13-21)20-14-22(26)24(23(27)15-20)32-25(28,29)30/h10-15,17-18H,2-9,16H2,1H3. The lowest BCUT2D eigenvalue weighted by Crippen LogP contribution is -2.20. The van der Waals surface area contributed by atoms with Crippen molar-refractivity contribution in [1.29, 1.82) is 0 Å². The summed E-state index contributed by atoms with van der Waals surface area (Å²) in [4.78, 5) is 0. The van der Waals surface area contributed by atoms with Gasteiger partial charge in [-0.05, 0) is 60.1 Å². The lowest BCUT2D eigenvalue weighted by atomic mass is 9.80. The molecule has 0 radical (unpaired) electrons. The maximum atomic E-state index is 14.0. The van der Waals surface area contributed by atoms with Gasteiger partial charge in [-0.3, -0.25) is 0 Å². The molecule has 32 heavy (non-hydrogen) atoms. The minimum Gasteiger partial charge on any atom is -0.493 e. The van der Waals surface area contributed by atoms with Crippen LogP contribution >= 0.6 is 0 Å². The Hall–Kier alpha value is -2.31. The first-order valence-corrected chi connectivity index (χ1v) is 11.2. The Balaban J connectivity index is 1.52. The van der Waals surface area contributed by atoms with Crippen LogP contribution in [0.1, 0.15) is 58.3 Å². The Morgan fingerprint density at radius 3 is 2.00 bits per heavy atom. The highest BCUT2D eigenvalue weighted by molar-refractivity contribution is 5.65. The first kappa shape index (κ1) is 24.3. The Labute approximate surface area is 185 Å². The van der Waals surface area contributed by atoms with Crippen molar-refractivity contribution in [3.05, 3.63) is 48.0 Å². The monoisotopic (exact) mass is 456 g/mol. The van der Waals surface area contributed by atoms with Crippen LogP contribution in [-0.2, 0) is 0 Å². The van der Waals surface area contributed by atoms with E-state index in [1.54, 1.807) is 24.3 Å². The molecule has 1 fully saturated rings. The fraction of sp³-hybridized carbons (Fsp3) is 0.520. The summed E-state index contributed by atoms with van der Waals surface area (Å²) >= 11 is 0. The van der Waals surface area contributed by atoms with Crippen LogP contribution in [-0.4, -0.2) is 13.0 Å². The predicted octanol–water partition coefficient (Wildman–Crippen LogP) is 8.30. The van der Waals surface area contributed by atoms with Gasteiger partial charge in [-0.1, -0.05) is 57.6 Å².